The summed E-state index contributed by atoms with van der Waals surface area (Å²) >= 11 is 0. The number of carbonyl (C=O) groups is 2. The molecule has 1 saturated carbocycles. The van der Waals surface area contributed by atoms with Crippen molar-refractivity contribution in [1.82, 2.24) is 0 Å². The van der Waals surface area contributed by atoms with Gasteiger partial charge in [-0.3, -0.25) is 9.59 Å². The number of carbonyl (C=O) groups excluding carboxylic acids is 2. The Balaban J connectivity index is 1.54. The number of rotatable bonds is 7. The summed E-state index contributed by atoms with van der Waals surface area (Å²) in [6, 6.07) is 15.1. The molecule has 4 rings (SSSR count). The molecular weight excluding hydrogens is 374 g/mol. The van der Waals surface area contributed by atoms with Gasteiger partial charge in [-0.2, -0.15) is 0 Å². The first kappa shape index (κ1) is 20.8. The first-order valence-corrected chi connectivity index (χ1v) is 11.3. The van der Waals surface area contributed by atoms with Crippen molar-refractivity contribution in [3.8, 4) is 0 Å². The van der Waals surface area contributed by atoms with E-state index in [2.05, 4.69) is 6.92 Å². The number of para-hydroxylation sites is 1. The fraction of sp³-hybridized carbons (Fsp3) is 0.462. The molecule has 1 aliphatic carbocycles. The maximum absolute atomic E-state index is 13.1. The van der Waals surface area contributed by atoms with Crippen LogP contribution in [0.3, 0.4) is 0 Å². The maximum atomic E-state index is 13.1. The van der Waals surface area contributed by atoms with Gasteiger partial charge in [0.25, 0.3) is 5.91 Å². The fourth-order valence-corrected chi connectivity index (χ4v) is 4.93. The van der Waals surface area contributed by atoms with Crippen molar-refractivity contribution < 1.29 is 14.7 Å². The molecule has 1 fully saturated rings. The highest BCUT2D eigenvalue weighted by Gasteiger charge is 2.50. The quantitative estimate of drug-likeness (QED) is 0.633. The third kappa shape index (κ3) is 3.81. The summed E-state index contributed by atoms with van der Waals surface area (Å²) in [4.78, 5) is 27.8. The van der Waals surface area contributed by atoms with Gasteiger partial charge in [-0.05, 0) is 36.8 Å². The largest absolute Gasteiger partial charge is 0.375 e. The van der Waals surface area contributed by atoms with Crippen LogP contribution >= 0.6 is 0 Å². The number of fused-ring (bicyclic) bond motifs is 1. The zero-order valence-electron chi connectivity index (χ0n) is 17.8. The van der Waals surface area contributed by atoms with Gasteiger partial charge in [-0.25, -0.2) is 0 Å². The second-order valence-corrected chi connectivity index (χ2v) is 8.74. The average Bonchev–Trinajstić information content (AvgIpc) is 3.00. The lowest BCUT2D eigenvalue weighted by Gasteiger charge is -2.23. The number of benzene rings is 2. The molecule has 30 heavy (non-hydrogen) atoms. The minimum Gasteiger partial charge on any atom is -0.375 e. The van der Waals surface area contributed by atoms with Crippen LogP contribution in [0.1, 0.15) is 85.7 Å². The Morgan fingerprint density at radius 2 is 1.77 bits per heavy atom. The van der Waals surface area contributed by atoms with Crippen molar-refractivity contribution in [3.05, 3.63) is 65.2 Å². The van der Waals surface area contributed by atoms with E-state index >= 15 is 0 Å². The lowest BCUT2D eigenvalue weighted by atomic mass is 9.83. The number of amides is 1. The van der Waals surface area contributed by atoms with Gasteiger partial charge in [0, 0.05) is 17.7 Å². The summed E-state index contributed by atoms with van der Waals surface area (Å²) in [5, 5.41) is 11.4. The van der Waals surface area contributed by atoms with Gasteiger partial charge >= 0.3 is 0 Å². The van der Waals surface area contributed by atoms with E-state index in [1.165, 1.54) is 37.7 Å². The Morgan fingerprint density at radius 1 is 1.07 bits per heavy atom. The lowest BCUT2D eigenvalue weighted by Crippen LogP contribution is -2.42. The average molecular weight is 406 g/mol. The number of aliphatic hydroxyl groups is 1. The van der Waals surface area contributed by atoms with Crippen LogP contribution in [0.25, 0.3) is 0 Å². The SMILES string of the molecule is CCCCN1C(=O)[C@](O)(CC(=O)c2ccc(C3CCCCC3)cc2)c2ccccc21. The van der Waals surface area contributed by atoms with E-state index in [-0.39, 0.29) is 18.1 Å². The van der Waals surface area contributed by atoms with Crippen molar-refractivity contribution in [2.24, 2.45) is 0 Å². The van der Waals surface area contributed by atoms with E-state index in [0.29, 0.717) is 23.6 Å². The molecule has 1 atom stereocenters. The van der Waals surface area contributed by atoms with Crippen LogP contribution in [0, 0.1) is 0 Å². The maximum Gasteiger partial charge on any atom is 0.264 e. The second kappa shape index (κ2) is 8.73. The molecule has 2 aliphatic rings. The topological polar surface area (TPSA) is 57.6 Å². The predicted octanol–water partition coefficient (Wildman–Crippen LogP) is 5.34. The molecule has 0 unspecified atom stereocenters. The van der Waals surface area contributed by atoms with Crippen LogP contribution in [0.5, 0.6) is 0 Å². The van der Waals surface area contributed by atoms with Gasteiger partial charge in [0.2, 0.25) is 0 Å². The van der Waals surface area contributed by atoms with E-state index in [9.17, 15) is 14.7 Å². The molecule has 0 radical (unpaired) electrons. The Kier molecular flexibility index (Phi) is 6.05. The predicted molar refractivity (Wildman–Crippen MR) is 119 cm³/mol. The van der Waals surface area contributed by atoms with Crippen molar-refractivity contribution in [2.75, 3.05) is 11.4 Å². The molecule has 1 amide bonds. The third-order valence-electron chi connectivity index (χ3n) is 6.70. The highest BCUT2D eigenvalue weighted by atomic mass is 16.3. The third-order valence-corrected chi connectivity index (χ3v) is 6.70. The second-order valence-electron chi connectivity index (χ2n) is 8.74. The summed E-state index contributed by atoms with van der Waals surface area (Å²) in [7, 11) is 0. The molecule has 1 N–H and O–H groups in total. The van der Waals surface area contributed by atoms with E-state index in [0.717, 1.165) is 18.5 Å². The molecule has 0 saturated heterocycles. The summed E-state index contributed by atoms with van der Waals surface area (Å²) in [6.45, 7) is 2.62. The fourth-order valence-electron chi connectivity index (χ4n) is 4.93. The van der Waals surface area contributed by atoms with Gasteiger partial charge in [-0.15, -0.1) is 0 Å². The van der Waals surface area contributed by atoms with Gasteiger partial charge < -0.3 is 10.0 Å². The number of hydrogen-bond acceptors (Lipinski definition) is 3. The zero-order chi connectivity index (χ0) is 21.1. The van der Waals surface area contributed by atoms with Gasteiger partial charge in [-0.1, -0.05) is 75.1 Å². The standard InChI is InChI=1S/C26H31NO3/c1-2-3-17-27-23-12-8-7-11-22(23)26(30,25(27)29)18-24(28)21-15-13-20(14-16-21)19-9-5-4-6-10-19/h7-8,11-16,19,30H,2-6,9-10,17-18H2,1H3/t26-/m0/s1. The Hall–Kier alpha value is -2.46. The smallest absolute Gasteiger partial charge is 0.264 e. The summed E-state index contributed by atoms with van der Waals surface area (Å²) in [5.41, 5.74) is 1.32. The summed E-state index contributed by atoms with van der Waals surface area (Å²) in [5.74, 6) is 0.0000104. The number of hydrogen-bond donors (Lipinski definition) is 1. The first-order valence-electron chi connectivity index (χ1n) is 11.3. The summed E-state index contributed by atoms with van der Waals surface area (Å²) in [6.07, 6.45) is 7.87. The van der Waals surface area contributed by atoms with Crippen LogP contribution in [0.2, 0.25) is 0 Å². The van der Waals surface area contributed by atoms with E-state index in [1.807, 2.05) is 42.5 Å². The lowest BCUT2D eigenvalue weighted by molar-refractivity contribution is -0.135. The van der Waals surface area contributed by atoms with Gasteiger partial charge in [0.15, 0.2) is 11.4 Å². The molecule has 4 nitrogen and oxygen atoms in total. The molecule has 1 heterocycles. The molecule has 2 aromatic carbocycles. The van der Waals surface area contributed by atoms with Crippen LogP contribution in [0.4, 0.5) is 5.69 Å². The molecule has 0 spiro atoms. The van der Waals surface area contributed by atoms with Crippen LogP contribution in [-0.4, -0.2) is 23.3 Å². The Morgan fingerprint density at radius 3 is 2.47 bits per heavy atom. The molecule has 1 aliphatic heterocycles. The molecule has 0 bridgehead atoms. The zero-order valence-corrected chi connectivity index (χ0v) is 17.8. The number of nitrogens with zero attached hydrogens (tertiary/aromatic N) is 1. The van der Waals surface area contributed by atoms with Crippen molar-refractivity contribution in [1.29, 1.82) is 0 Å². The molecule has 4 heteroatoms. The minimum atomic E-state index is -1.79. The highest BCUT2D eigenvalue weighted by molar-refractivity contribution is 6.10. The number of anilines is 1. The van der Waals surface area contributed by atoms with Crippen LogP contribution in [0.15, 0.2) is 48.5 Å². The van der Waals surface area contributed by atoms with E-state index < -0.39 is 5.60 Å². The monoisotopic (exact) mass is 405 g/mol. The molecule has 2 aromatic rings. The first-order chi connectivity index (χ1) is 14.5. The van der Waals surface area contributed by atoms with Gasteiger partial charge in [0.05, 0.1) is 12.1 Å². The normalized spacial score (nSPS) is 21.7. The van der Waals surface area contributed by atoms with Gasteiger partial charge in [0.1, 0.15) is 0 Å². The minimum absolute atomic E-state index is 0.201. The van der Waals surface area contributed by atoms with Crippen LogP contribution in [-0.2, 0) is 10.4 Å². The van der Waals surface area contributed by atoms with Crippen molar-refractivity contribution in [3.63, 3.8) is 0 Å². The van der Waals surface area contributed by atoms with Crippen molar-refractivity contribution in [2.45, 2.75) is 69.8 Å². The molecule has 0 aromatic heterocycles. The number of Topliss-reactive ketones (excluding diaryl/α,β-unsaturated/α-hetero) is 1. The van der Waals surface area contributed by atoms with E-state index in [1.54, 1.807) is 11.0 Å². The summed E-state index contributed by atoms with van der Waals surface area (Å²) < 4.78 is 0. The highest BCUT2D eigenvalue weighted by Crippen LogP contribution is 2.43. The molecule has 158 valence electrons. The number of unbranched alkanes of at least 4 members (excludes halogenated alkanes) is 1. The Labute approximate surface area is 178 Å². The van der Waals surface area contributed by atoms with Crippen LogP contribution < -0.4 is 4.90 Å². The van der Waals surface area contributed by atoms with E-state index in [4.69, 9.17) is 0 Å². The Bertz CT molecular complexity index is 914. The molecular formula is C26H31NO3. The number of ketones is 1. The van der Waals surface area contributed by atoms with Crippen molar-refractivity contribution >= 4 is 17.4 Å².